The summed E-state index contributed by atoms with van der Waals surface area (Å²) in [6, 6.07) is 14.5. The van der Waals surface area contributed by atoms with Crippen molar-refractivity contribution in [1.29, 1.82) is 0 Å². The molecule has 0 unspecified atom stereocenters. The second kappa shape index (κ2) is 11.9. The Morgan fingerprint density at radius 1 is 1.16 bits per heavy atom. The number of carbonyl (C=O) groups excluding carboxylic acids is 1. The van der Waals surface area contributed by atoms with Crippen LogP contribution in [-0.2, 0) is 4.79 Å². The minimum Gasteiger partial charge on any atom is -0.493 e. The third-order valence-corrected chi connectivity index (χ3v) is 6.38. The summed E-state index contributed by atoms with van der Waals surface area (Å²) in [6.45, 7) is 3.42. The Morgan fingerprint density at radius 3 is 2.63 bits per heavy atom. The van der Waals surface area contributed by atoms with Gasteiger partial charge in [-0.1, -0.05) is 57.8 Å². The zero-order chi connectivity index (χ0) is 27.4. The Balaban J connectivity index is 1.70. The van der Waals surface area contributed by atoms with E-state index in [9.17, 15) is 14.0 Å². The molecular weight excluding hydrogens is 623 g/mol. The van der Waals surface area contributed by atoms with Crippen molar-refractivity contribution in [2.24, 2.45) is 5.10 Å². The van der Waals surface area contributed by atoms with Crippen molar-refractivity contribution in [2.45, 2.75) is 19.8 Å². The maximum Gasteiger partial charge on any atom is 0.282 e. The molecule has 4 aromatic rings. The molecule has 11 heteroatoms. The highest BCUT2D eigenvalue weighted by Gasteiger charge is 2.17. The van der Waals surface area contributed by atoms with Gasteiger partial charge in [-0.3, -0.25) is 9.59 Å². The number of fused-ring (bicyclic) bond motifs is 1. The van der Waals surface area contributed by atoms with Crippen LogP contribution in [0.1, 0.15) is 31.2 Å². The van der Waals surface area contributed by atoms with E-state index in [1.54, 1.807) is 30.3 Å². The van der Waals surface area contributed by atoms with Crippen LogP contribution in [0, 0.1) is 5.82 Å². The van der Waals surface area contributed by atoms with E-state index in [1.165, 1.54) is 36.2 Å². The molecule has 196 valence electrons. The third kappa shape index (κ3) is 6.11. The molecule has 0 aliphatic heterocycles. The summed E-state index contributed by atoms with van der Waals surface area (Å²) in [6.07, 6.45) is 1.44. The number of ether oxygens (including phenoxy) is 2. The minimum absolute atomic E-state index is 0.0432. The van der Waals surface area contributed by atoms with Crippen LogP contribution in [0.2, 0.25) is 0 Å². The van der Waals surface area contributed by atoms with Crippen LogP contribution >= 0.6 is 31.9 Å². The molecule has 0 saturated carbocycles. The standard InChI is InChI=1S/C27H23Br2FN4O4/c1-15(2)26-33-21-9-8-17(28)11-19(21)27(36)34(26)31-13-16-10-18(29)12-23(37-3)25(16)38-14-24(35)32-22-7-5-4-6-20(22)30/h4-13,15H,14H2,1-3H3,(H,32,35). The van der Waals surface area contributed by atoms with Crippen LogP contribution in [-0.4, -0.2) is 35.5 Å². The lowest BCUT2D eigenvalue weighted by molar-refractivity contribution is -0.118. The average molecular weight is 646 g/mol. The van der Waals surface area contributed by atoms with Gasteiger partial charge in [-0.15, -0.1) is 0 Å². The molecule has 0 aliphatic carbocycles. The summed E-state index contributed by atoms with van der Waals surface area (Å²) in [5.74, 6) is -0.185. The zero-order valence-corrected chi connectivity index (χ0v) is 23.8. The lowest BCUT2D eigenvalue weighted by Crippen LogP contribution is -2.23. The quantitative estimate of drug-likeness (QED) is 0.234. The van der Waals surface area contributed by atoms with Crippen molar-refractivity contribution in [3.8, 4) is 11.5 Å². The summed E-state index contributed by atoms with van der Waals surface area (Å²) >= 11 is 6.83. The summed E-state index contributed by atoms with van der Waals surface area (Å²) in [4.78, 5) is 30.5. The van der Waals surface area contributed by atoms with Crippen LogP contribution in [0.5, 0.6) is 11.5 Å². The smallest absolute Gasteiger partial charge is 0.282 e. The summed E-state index contributed by atoms with van der Waals surface area (Å²) in [7, 11) is 1.46. The number of aromatic nitrogens is 2. The molecular formula is C27H23Br2FN4O4. The summed E-state index contributed by atoms with van der Waals surface area (Å²) in [5, 5.41) is 7.34. The molecule has 0 fully saturated rings. The first-order valence-corrected chi connectivity index (χ1v) is 13.1. The van der Waals surface area contributed by atoms with Gasteiger partial charge in [0.2, 0.25) is 0 Å². The lowest BCUT2D eigenvalue weighted by atomic mass is 10.2. The number of hydrogen-bond donors (Lipinski definition) is 1. The van der Waals surface area contributed by atoms with Gasteiger partial charge in [-0.25, -0.2) is 9.37 Å². The van der Waals surface area contributed by atoms with Crippen molar-refractivity contribution in [1.82, 2.24) is 9.66 Å². The third-order valence-electron chi connectivity index (χ3n) is 5.43. The fraction of sp³-hybridized carbons (Fsp3) is 0.185. The van der Waals surface area contributed by atoms with E-state index in [0.717, 1.165) is 4.47 Å². The van der Waals surface area contributed by atoms with Crippen LogP contribution in [0.15, 0.2) is 73.4 Å². The molecule has 1 heterocycles. The van der Waals surface area contributed by atoms with Crippen LogP contribution in [0.3, 0.4) is 0 Å². The molecule has 1 N–H and O–H groups in total. The summed E-state index contributed by atoms with van der Waals surface area (Å²) in [5.41, 5.74) is 0.722. The van der Waals surface area contributed by atoms with Gasteiger partial charge in [0.05, 0.1) is 29.9 Å². The first kappa shape index (κ1) is 27.5. The zero-order valence-electron chi connectivity index (χ0n) is 20.7. The van der Waals surface area contributed by atoms with Crippen molar-refractivity contribution >= 4 is 60.6 Å². The lowest BCUT2D eigenvalue weighted by Gasteiger charge is -2.15. The second-order valence-corrected chi connectivity index (χ2v) is 10.3. The number of amides is 1. The fourth-order valence-electron chi connectivity index (χ4n) is 3.65. The molecule has 1 aromatic heterocycles. The van der Waals surface area contributed by atoms with Crippen LogP contribution < -0.4 is 20.3 Å². The van der Waals surface area contributed by atoms with Gasteiger partial charge < -0.3 is 14.8 Å². The maximum absolute atomic E-state index is 13.9. The number of para-hydroxylation sites is 1. The van der Waals surface area contributed by atoms with Crippen molar-refractivity contribution in [3.63, 3.8) is 0 Å². The predicted molar refractivity (Wildman–Crippen MR) is 152 cm³/mol. The molecule has 0 aliphatic rings. The second-order valence-electron chi connectivity index (χ2n) is 8.49. The van der Waals surface area contributed by atoms with Gasteiger partial charge in [0.1, 0.15) is 11.6 Å². The normalized spacial score (nSPS) is 11.3. The Kier molecular flexibility index (Phi) is 8.58. The van der Waals surface area contributed by atoms with Gasteiger partial charge in [0.25, 0.3) is 11.5 Å². The van der Waals surface area contributed by atoms with Crippen molar-refractivity contribution < 1.29 is 18.7 Å². The van der Waals surface area contributed by atoms with E-state index in [-0.39, 0.29) is 22.9 Å². The number of anilines is 1. The molecule has 1 amide bonds. The van der Waals surface area contributed by atoms with Gasteiger partial charge in [-0.2, -0.15) is 9.78 Å². The number of nitrogens with one attached hydrogen (secondary N) is 1. The van der Waals surface area contributed by atoms with Gasteiger partial charge in [0, 0.05) is 20.4 Å². The van der Waals surface area contributed by atoms with Gasteiger partial charge in [-0.05, 0) is 42.5 Å². The van der Waals surface area contributed by atoms with E-state index in [2.05, 4.69) is 47.3 Å². The SMILES string of the molecule is COc1cc(Br)cc(C=Nn2c(C(C)C)nc3ccc(Br)cc3c2=O)c1OCC(=O)Nc1ccccc1F. The molecule has 8 nitrogen and oxygen atoms in total. The number of hydrogen-bond acceptors (Lipinski definition) is 6. The van der Waals surface area contributed by atoms with E-state index < -0.39 is 18.3 Å². The molecule has 0 spiro atoms. The Labute approximate surface area is 234 Å². The Bertz CT molecular complexity index is 1600. The first-order valence-electron chi connectivity index (χ1n) is 11.5. The molecule has 4 rings (SSSR count). The van der Waals surface area contributed by atoms with E-state index in [1.807, 2.05) is 19.9 Å². The Morgan fingerprint density at radius 2 is 1.92 bits per heavy atom. The van der Waals surface area contributed by atoms with E-state index in [0.29, 0.717) is 32.5 Å². The molecule has 0 bridgehead atoms. The largest absolute Gasteiger partial charge is 0.493 e. The predicted octanol–water partition coefficient (Wildman–Crippen LogP) is 6.09. The molecule has 38 heavy (non-hydrogen) atoms. The van der Waals surface area contributed by atoms with Crippen molar-refractivity contribution in [3.05, 3.63) is 91.1 Å². The van der Waals surface area contributed by atoms with Crippen molar-refractivity contribution in [2.75, 3.05) is 19.0 Å². The van der Waals surface area contributed by atoms with E-state index >= 15 is 0 Å². The highest BCUT2D eigenvalue weighted by molar-refractivity contribution is 9.10. The first-order chi connectivity index (χ1) is 18.2. The number of methoxy groups -OCH3 is 1. The average Bonchev–Trinajstić information content (AvgIpc) is 2.88. The van der Waals surface area contributed by atoms with Crippen LogP contribution in [0.4, 0.5) is 10.1 Å². The number of benzene rings is 3. The molecule has 0 saturated heterocycles. The van der Waals surface area contributed by atoms with Gasteiger partial charge >= 0.3 is 0 Å². The molecule has 0 radical (unpaired) electrons. The fourth-order valence-corrected chi connectivity index (χ4v) is 4.46. The summed E-state index contributed by atoms with van der Waals surface area (Å²) < 4.78 is 27.8. The molecule has 0 atom stereocenters. The maximum atomic E-state index is 13.9. The number of rotatable bonds is 8. The number of nitrogens with zero attached hydrogens (tertiary/aromatic N) is 3. The number of carbonyl (C=O) groups is 1. The van der Waals surface area contributed by atoms with Crippen LogP contribution in [0.25, 0.3) is 10.9 Å². The number of halogens is 3. The molecule has 3 aromatic carbocycles. The van der Waals surface area contributed by atoms with E-state index in [4.69, 9.17) is 9.47 Å². The highest BCUT2D eigenvalue weighted by atomic mass is 79.9. The minimum atomic E-state index is -0.564. The highest BCUT2D eigenvalue weighted by Crippen LogP contribution is 2.34. The Hall–Kier alpha value is -3.57. The van der Waals surface area contributed by atoms with Gasteiger partial charge in [0.15, 0.2) is 18.1 Å². The topological polar surface area (TPSA) is 94.8 Å². The monoisotopic (exact) mass is 644 g/mol.